The molecule has 0 atom stereocenters. The van der Waals surface area contributed by atoms with Crippen molar-refractivity contribution in [1.29, 1.82) is 0 Å². The number of benzene rings is 1. The summed E-state index contributed by atoms with van der Waals surface area (Å²) in [6, 6.07) is 9.80. The molecule has 1 amide bonds. The van der Waals surface area contributed by atoms with Crippen LogP contribution in [0.25, 0.3) is 11.1 Å². The topological polar surface area (TPSA) is 71.2 Å². The maximum absolute atomic E-state index is 12.6. The number of rotatable bonds is 4. The van der Waals surface area contributed by atoms with E-state index < -0.39 is 5.60 Å². The van der Waals surface area contributed by atoms with Gasteiger partial charge < -0.3 is 10.0 Å². The number of carbonyl (C=O) groups is 1. The molecule has 1 aliphatic rings. The average Bonchev–Trinajstić information content (AvgIpc) is 3.18. The van der Waals surface area contributed by atoms with Crippen LogP contribution in [0.1, 0.15) is 46.7 Å². The highest BCUT2D eigenvalue weighted by molar-refractivity contribution is 5.97. The van der Waals surface area contributed by atoms with Crippen LogP contribution < -0.4 is 0 Å². The summed E-state index contributed by atoms with van der Waals surface area (Å²) >= 11 is 0. The number of aromatic nitrogens is 3. The van der Waals surface area contributed by atoms with E-state index in [1.807, 2.05) is 37.2 Å². The third kappa shape index (κ3) is 3.20. The Bertz CT molecular complexity index is 1060. The number of fused-ring (bicyclic) bond motifs is 1. The molecule has 6 heteroatoms. The van der Waals surface area contributed by atoms with Gasteiger partial charge in [0, 0.05) is 31.5 Å². The lowest BCUT2D eigenvalue weighted by atomic mass is 9.94. The predicted molar refractivity (Wildman–Crippen MR) is 106 cm³/mol. The Morgan fingerprint density at radius 3 is 2.68 bits per heavy atom. The zero-order chi connectivity index (χ0) is 20.1. The number of carbonyl (C=O) groups excluding carboxylic acids is 1. The molecule has 0 saturated carbocycles. The second-order valence-corrected chi connectivity index (χ2v) is 7.92. The lowest BCUT2D eigenvalue weighted by molar-refractivity contribution is 0.0736. The highest BCUT2D eigenvalue weighted by Crippen LogP contribution is 2.32. The van der Waals surface area contributed by atoms with Crippen molar-refractivity contribution in [1.82, 2.24) is 19.7 Å². The van der Waals surface area contributed by atoms with Crippen molar-refractivity contribution in [3.05, 3.63) is 70.8 Å². The summed E-state index contributed by atoms with van der Waals surface area (Å²) in [5.74, 6) is 0.0307. The molecule has 1 aliphatic heterocycles. The van der Waals surface area contributed by atoms with Gasteiger partial charge in [-0.25, -0.2) is 0 Å². The van der Waals surface area contributed by atoms with Crippen LogP contribution in [0, 0.1) is 6.92 Å². The summed E-state index contributed by atoms with van der Waals surface area (Å²) in [4.78, 5) is 18.7. The van der Waals surface area contributed by atoms with E-state index in [0.717, 1.165) is 27.9 Å². The largest absolute Gasteiger partial charge is 0.384 e. The Kier molecular flexibility index (Phi) is 4.31. The summed E-state index contributed by atoms with van der Waals surface area (Å²) in [5.41, 5.74) is 5.28. The molecule has 28 heavy (non-hydrogen) atoms. The monoisotopic (exact) mass is 376 g/mol. The molecule has 144 valence electrons. The van der Waals surface area contributed by atoms with Crippen molar-refractivity contribution in [3.8, 4) is 11.1 Å². The van der Waals surface area contributed by atoms with E-state index in [1.54, 1.807) is 30.8 Å². The van der Waals surface area contributed by atoms with Gasteiger partial charge in [0.25, 0.3) is 5.91 Å². The molecule has 0 spiro atoms. The van der Waals surface area contributed by atoms with Crippen LogP contribution >= 0.6 is 0 Å². The van der Waals surface area contributed by atoms with Gasteiger partial charge in [-0.2, -0.15) is 5.10 Å². The van der Waals surface area contributed by atoms with Gasteiger partial charge in [-0.3, -0.25) is 14.5 Å². The maximum Gasteiger partial charge on any atom is 0.256 e. The number of amides is 1. The first kappa shape index (κ1) is 18.4. The third-order valence-corrected chi connectivity index (χ3v) is 5.17. The van der Waals surface area contributed by atoms with E-state index in [0.29, 0.717) is 24.3 Å². The van der Waals surface area contributed by atoms with Crippen molar-refractivity contribution in [3.63, 3.8) is 0 Å². The van der Waals surface area contributed by atoms with Crippen LogP contribution in [0.4, 0.5) is 0 Å². The predicted octanol–water partition coefficient (Wildman–Crippen LogP) is 3.17. The van der Waals surface area contributed by atoms with Gasteiger partial charge in [0.05, 0.1) is 17.8 Å². The van der Waals surface area contributed by atoms with Gasteiger partial charge >= 0.3 is 0 Å². The number of aliphatic hydroxyl groups is 1. The van der Waals surface area contributed by atoms with E-state index >= 15 is 0 Å². The molecule has 0 aliphatic carbocycles. The highest BCUT2D eigenvalue weighted by Gasteiger charge is 2.29. The minimum atomic E-state index is -1.02. The molecule has 0 unspecified atom stereocenters. The lowest BCUT2D eigenvalue weighted by Gasteiger charge is -2.19. The fourth-order valence-electron chi connectivity index (χ4n) is 3.71. The van der Waals surface area contributed by atoms with Crippen molar-refractivity contribution < 1.29 is 9.90 Å². The van der Waals surface area contributed by atoms with Gasteiger partial charge in [0.1, 0.15) is 11.3 Å². The molecule has 0 saturated heterocycles. The Balaban J connectivity index is 1.61. The minimum Gasteiger partial charge on any atom is -0.384 e. The molecule has 3 aromatic rings. The van der Waals surface area contributed by atoms with E-state index in [2.05, 4.69) is 22.2 Å². The number of pyridine rings is 1. The standard InChI is InChI=1S/C22H24N4O2/c1-14-10-15(18-12-25(4)24-20(18)22(2,3)28)7-8-16(14)11-26-13-19-17(21(26)27)6-5-9-23-19/h5-10,12,28H,11,13H2,1-4H3. The normalized spacial score (nSPS) is 13.9. The number of hydrogen-bond donors (Lipinski definition) is 1. The Morgan fingerprint density at radius 1 is 1.21 bits per heavy atom. The molecule has 2 aromatic heterocycles. The smallest absolute Gasteiger partial charge is 0.256 e. The van der Waals surface area contributed by atoms with Crippen molar-refractivity contribution >= 4 is 5.91 Å². The van der Waals surface area contributed by atoms with E-state index in [1.165, 1.54) is 0 Å². The number of hydrogen-bond acceptors (Lipinski definition) is 4. The average molecular weight is 376 g/mol. The second kappa shape index (κ2) is 6.56. The maximum atomic E-state index is 12.6. The Labute approximate surface area is 164 Å². The van der Waals surface area contributed by atoms with Crippen LogP contribution in [0.2, 0.25) is 0 Å². The summed E-state index contributed by atoms with van der Waals surface area (Å²) in [6.45, 7) is 6.62. The zero-order valence-corrected chi connectivity index (χ0v) is 16.6. The van der Waals surface area contributed by atoms with Crippen molar-refractivity contribution in [2.24, 2.45) is 7.05 Å². The van der Waals surface area contributed by atoms with E-state index in [4.69, 9.17) is 0 Å². The van der Waals surface area contributed by atoms with Gasteiger partial charge in [-0.05, 0) is 49.6 Å². The third-order valence-electron chi connectivity index (χ3n) is 5.17. The highest BCUT2D eigenvalue weighted by atomic mass is 16.3. The number of aryl methyl sites for hydroxylation is 2. The first-order valence-electron chi connectivity index (χ1n) is 9.33. The van der Waals surface area contributed by atoms with Crippen molar-refractivity contribution in [2.45, 2.75) is 39.5 Å². The quantitative estimate of drug-likeness (QED) is 0.759. The van der Waals surface area contributed by atoms with E-state index in [9.17, 15) is 9.90 Å². The summed E-state index contributed by atoms with van der Waals surface area (Å²) in [5, 5.41) is 14.9. The zero-order valence-electron chi connectivity index (χ0n) is 16.6. The second-order valence-electron chi connectivity index (χ2n) is 7.92. The summed E-state index contributed by atoms with van der Waals surface area (Å²) in [7, 11) is 1.85. The minimum absolute atomic E-state index is 0.0307. The van der Waals surface area contributed by atoms with Gasteiger partial charge in [-0.1, -0.05) is 18.2 Å². The molecular formula is C22H24N4O2. The molecule has 6 nitrogen and oxygen atoms in total. The molecule has 0 fully saturated rings. The number of nitrogens with zero attached hydrogens (tertiary/aromatic N) is 4. The van der Waals surface area contributed by atoms with Crippen LogP contribution in [0.5, 0.6) is 0 Å². The fourth-order valence-corrected chi connectivity index (χ4v) is 3.71. The van der Waals surface area contributed by atoms with Crippen LogP contribution in [-0.4, -0.2) is 30.7 Å². The van der Waals surface area contributed by atoms with Crippen LogP contribution in [-0.2, 0) is 25.7 Å². The first-order valence-corrected chi connectivity index (χ1v) is 9.33. The molecule has 3 heterocycles. The lowest BCUT2D eigenvalue weighted by Crippen LogP contribution is -2.23. The van der Waals surface area contributed by atoms with Crippen LogP contribution in [0.15, 0.2) is 42.7 Å². The summed E-state index contributed by atoms with van der Waals surface area (Å²) < 4.78 is 1.72. The summed E-state index contributed by atoms with van der Waals surface area (Å²) in [6.07, 6.45) is 3.65. The Hall–Kier alpha value is -2.99. The van der Waals surface area contributed by atoms with Gasteiger partial charge in [0.2, 0.25) is 0 Å². The van der Waals surface area contributed by atoms with Crippen LogP contribution in [0.3, 0.4) is 0 Å². The first-order chi connectivity index (χ1) is 13.2. The molecule has 1 aromatic carbocycles. The molecular weight excluding hydrogens is 352 g/mol. The van der Waals surface area contributed by atoms with Crippen molar-refractivity contribution in [2.75, 3.05) is 0 Å². The van der Waals surface area contributed by atoms with Gasteiger partial charge in [-0.15, -0.1) is 0 Å². The Morgan fingerprint density at radius 2 is 2.00 bits per heavy atom. The molecule has 0 radical (unpaired) electrons. The molecule has 4 rings (SSSR count). The fraction of sp³-hybridized carbons (Fsp3) is 0.318. The van der Waals surface area contributed by atoms with Gasteiger partial charge in [0.15, 0.2) is 0 Å². The molecule has 1 N–H and O–H groups in total. The molecule has 0 bridgehead atoms. The SMILES string of the molecule is Cc1cc(-c2cn(C)nc2C(C)(C)O)ccc1CN1Cc2ncccc2C1=O. The van der Waals surface area contributed by atoms with E-state index in [-0.39, 0.29) is 5.91 Å².